The van der Waals surface area contributed by atoms with Gasteiger partial charge in [-0.25, -0.2) is 15.0 Å². The molecule has 13 aromatic rings. The third-order valence-corrected chi connectivity index (χ3v) is 13.1. The van der Waals surface area contributed by atoms with Crippen molar-refractivity contribution in [1.82, 2.24) is 15.0 Å². The van der Waals surface area contributed by atoms with Crippen LogP contribution >= 0.6 is 0 Å². The number of pyridine rings is 1. The highest BCUT2D eigenvalue weighted by Gasteiger charge is 2.22. The molecule has 4 heteroatoms. The summed E-state index contributed by atoms with van der Waals surface area (Å²) in [5.41, 5.74) is 16.3. The van der Waals surface area contributed by atoms with Crippen LogP contribution in [-0.2, 0) is 0 Å². The molecule has 67 heavy (non-hydrogen) atoms. The summed E-state index contributed by atoms with van der Waals surface area (Å²) in [6.07, 6.45) is 0. The number of fused-ring (bicyclic) bond motifs is 7. The van der Waals surface area contributed by atoms with Crippen LogP contribution in [0.5, 0.6) is 0 Å². The molecule has 0 saturated carbocycles. The summed E-state index contributed by atoms with van der Waals surface area (Å²) in [7, 11) is 0. The van der Waals surface area contributed by atoms with E-state index in [4.69, 9.17) is 19.4 Å². The minimum absolute atomic E-state index is 0.687. The molecule has 0 fully saturated rings. The lowest BCUT2D eigenvalue weighted by Crippen LogP contribution is -1.97. The van der Waals surface area contributed by atoms with Crippen molar-refractivity contribution in [2.75, 3.05) is 0 Å². The number of aromatic nitrogens is 3. The highest BCUT2D eigenvalue weighted by atomic mass is 16.3. The first-order valence-electron chi connectivity index (χ1n) is 22.7. The Morgan fingerprint density at radius 2 is 0.806 bits per heavy atom. The quantitative estimate of drug-likeness (QED) is 0.150. The molecule has 0 aliphatic heterocycles. The summed E-state index contributed by atoms with van der Waals surface area (Å²) in [5.74, 6) is 0.687. The molecule has 3 heterocycles. The third kappa shape index (κ3) is 6.65. The standard InChI is InChI=1S/C63H39N3O/c1-4-16-40(17-5-1)41-28-34-46(35-29-41)63-65-55(43-18-6-2-7-19-43)39-56(66-63)50-37-36-47(48-22-10-11-23-49(48)50)42-30-32-45(33-31-42)62-53-38-58-61(52-25-13-15-27-57(52)67-58)59(44-20-8-3-9-21-44)60(53)51-24-12-14-26-54(51)64-62/h1-39H. The number of benzene rings is 10. The van der Waals surface area contributed by atoms with E-state index in [0.29, 0.717) is 5.82 Å². The molecule has 0 spiro atoms. The molecule has 3 aromatic heterocycles. The van der Waals surface area contributed by atoms with Crippen molar-refractivity contribution in [1.29, 1.82) is 0 Å². The van der Waals surface area contributed by atoms with E-state index in [2.05, 4.69) is 218 Å². The fourth-order valence-corrected chi connectivity index (χ4v) is 9.93. The second-order valence-electron chi connectivity index (χ2n) is 17.0. The van der Waals surface area contributed by atoms with Crippen LogP contribution < -0.4 is 0 Å². The lowest BCUT2D eigenvalue weighted by Gasteiger charge is -2.16. The summed E-state index contributed by atoms with van der Waals surface area (Å²) < 4.78 is 6.63. The molecule has 13 rings (SSSR count). The Morgan fingerprint density at radius 3 is 1.54 bits per heavy atom. The highest BCUT2D eigenvalue weighted by Crippen LogP contribution is 2.47. The van der Waals surface area contributed by atoms with Gasteiger partial charge in [-0.1, -0.05) is 212 Å². The van der Waals surface area contributed by atoms with Crippen LogP contribution in [0.15, 0.2) is 241 Å². The maximum Gasteiger partial charge on any atom is 0.160 e. The number of para-hydroxylation sites is 2. The number of hydrogen-bond acceptors (Lipinski definition) is 4. The second kappa shape index (κ2) is 15.9. The normalized spacial score (nSPS) is 11.6. The summed E-state index contributed by atoms with van der Waals surface area (Å²) in [4.78, 5) is 15.8. The van der Waals surface area contributed by atoms with Gasteiger partial charge < -0.3 is 4.42 Å². The summed E-state index contributed by atoms with van der Waals surface area (Å²) in [6, 6.07) is 83.2. The van der Waals surface area contributed by atoms with Crippen molar-refractivity contribution in [2.24, 2.45) is 0 Å². The summed E-state index contributed by atoms with van der Waals surface area (Å²) >= 11 is 0. The molecule has 312 valence electrons. The van der Waals surface area contributed by atoms with E-state index in [9.17, 15) is 0 Å². The second-order valence-corrected chi connectivity index (χ2v) is 17.0. The Kier molecular flexibility index (Phi) is 9.14. The Hall–Kier alpha value is -8.99. The lowest BCUT2D eigenvalue weighted by molar-refractivity contribution is 0.669. The van der Waals surface area contributed by atoms with E-state index < -0.39 is 0 Å². The van der Waals surface area contributed by atoms with Crippen LogP contribution in [0.1, 0.15) is 0 Å². The van der Waals surface area contributed by atoms with E-state index in [-0.39, 0.29) is 0 Å². The largest absolute Gasteiger partial charge is 0.456 e. The SMILES string of the molecule is c1ccc(-c2ccc(-c3nc(-c4ccccc4)cc(-c4ccc(-c5ccc(-c6nc7ccccc7c7c(-c8ccccc8)c8c(cc67)oc6ccccc68)cc5)c5ccccc45)n3)cc2)cc1. The molecule has 0 aliphatic rings. The van der Waals surface area contributed by atoms with Crippen molar-refractivity contribution in [3.63, 3.8) is 0 Å². The van der Waals surface area contributed by atoms with Crippen molar-refractivity contribution in [3.05, 3.63) is 237 Å². The van der Waals surface area contributed by atoms with Gasteiger partial charge in [0.1, 0.15) is 11.2 Å². The molecule has 0 atom stereocenters. The van der Waals surface area contributed by atoms with Crippen LogP contribution in [0, 0.1) is 0 Å². The van der Waals surface area contributed by atoms with Crippen molar-refractivity contribution in [2.45, 2.75) is 0 Å². The van der Waals surface area contributed by atoms with Gasteiger partial charge >= 0.3 is 0 Å². The first-order valence-corrected chi connectivity index (χ1v) is 22.7. The Morgan fingerprint density at radius 1 is 0.284 bits per heavy atom. The van der Waals surface area contributed by atoms with Crippen LogP contribution in [0.2, 0.25) is 0 Å². The van der Waals surface area contributed by atoms with Crippen LogP contribution in [0.25, 0.3) is 133 Å². The maximum absolute atomic E-state index is 6.63. The first kappa shape index (κ1) is 38.5. The number of rotatable bonds is 7. The number of nitrogens with zero attached hydrogens (tertiary/aromatic N) is 3. The van der Waals surface area contributed by atoms with Crippen LogP contribution in [0.3, 0.4) is 0 Å². The molecule has 0 radical (unpaired) electrons. The van der Waals surface area contributed by atoms with Crippen LogP contribution in [-0.4, -0.2) is 15.0 Å². The van der Waals surface area contributed by atoms with E-state index in [1.54, 1.807) is 0 Å². The average molecular weight is 854 g/mol. The van der Waals surface area contributed by atoms with Gasteiger partial charge in [-0.2, -0.15) is 0 Å². The lowest BCUT2D eigenvalue weighted by atomic mass is 9.89. The molecule has 0 bridgehead atoms. The van der Waals surface area contributed by atoms with Gasteiger partial charge in [0.05, 0.1) is 22.6 Å². The molecular formula is C63H39N3O. The average Bonchev–Trinajstić information content (AvgIpc) is 3.78. The highest BCUT2D eigenvalue weighted by molar-refractivity contribution is 6.27. The summed E-state index contributed by atoms with van der Waals surface area (Å²) in [5, 5.41) is 7.83. The molecule has 0 N–H and O–H groups in total. The third-order valence-electron chi connectivity index (χ3n) is 13.1. The van der Waals surface area contributed by atoms with Crippen molar-refractivity contribution >= 4 is 54.4 Å². The first-order chi connectivity index (χ1) is 33.2. The topological polar surface area (TPSA) is 51.8 Å². The van der Waals surface area contributed by atoms with E-state index >= 15 is 0 Å². The minimum atomic E-state index is 0.687. The zero-order valence-corrected chi connectivity index (χ0v) is 36.3. The minimum Gasteiger partial charge on any atom is -0.456 e. The Balaban J connectivity index is 0.939. The predicted octanol–water partition coefficient (Wildman–Crippen LogP) is 16.9. The number of hydrogen-bond donors (Lipinski definition) is 0. The zero-order chi connectivity index (χ0) is 44.3. The monoisotopic (exact) mass is 853 g/mol. The van der Waals surface area contributed by atoms with Gasteiger partial charge in [0.15, 0.2) is 5.82 Å². The van der Waals surface area contributed by atoms with Gasteiger partial charge in [0, 0.05) is 54.7 Å². The molecule has 4 nitrogen and oxygen atoms in total. The molecule has 0 aliphatic carbocycles. The fourth-order valence-electron chi connectivity index (χ4n) is 9.93. The molecule has 0 saturated heterocycles. The van der Waals surface area contributed by atoms with E-state index in [1.165, 1.54) is 10.9 Å². The van der Waals surface area contributed by atoms with Gasteiger partial charge in [-0.15, -0.1) is 0 Å². The molecule has 10 aromatic carbocycles. The van der Waals surface area contributed by atoms with Crippen LogP contribution in [0.4, 0.5) is 0 Å². The zero-order valence-electron chi connectivity index (χ0n) is 36.3. The van der Waals surface area contributed by atoms with Crippen molar-refractivity contribution in [3.8, 4) is 78.5 Å². The van der Waals surface area contributed by atoms with E-state index in [0.717, 1.165) is 116 Å². The predicted molar refractivity (Wildman–Crippen MR) is 278 cm³/mol. The van der Waals surface area contributed by atoms with Gasteiger partial charge in [-0.05, 0) is 62.9 Å². The van der Waals surface area contributed by atoms with E-state index in [1.807, 2.05) is 18.2 Å². The Bertz CT molecular complexity index is 3990. The smallest absolute Gasteiger partial charge is 0.160 e. The summed E-state index contributed by atoms with van der Waals surface area (Å²) in [6.45, 7) is 0. The number of furan rings is 1. The molecule has 0 amide bonds. The molecular weight excluding hydrogens is 815 g/mol. The van der Waals surface area contributed by atoms with Gasteiger partial charge in [-0.3, -0.25) is 0 Å². The van der Waals surface area contributed by atoms with Crippen molar-refractivity contribution < 1.29 is 4.42 Å². The maximum atomic E-state index is 6.63. The molecule has 0 unspecified atom stereocenters. The Labute approximate surface area is 387 Å². The fraction of sp³-hybridized carbons (Fsp3) is 0. The van der Waals surface area contributed by atoms with Gasteiger partial charge in [0.25, 0.3) is 0 Å². The van der Waals surface area contributed by atoms with Gasteiger partial charge in [0.2, 0.25) is 0 Å².